The molecule has 2 amide bonds. The summed E-state index contributed by atoms with van der Waals surface area (Å²) in [6.07, 6.45) is 2.44. The molecule has 1 atom stereocenters. The van der Waals surface area contributed by atoms with Crippen LogP contribution in [0.4, 0.5) is 19.0 Å². The van der Waals surface area contributed by atoms with Gasteiger partial charge in [0.05, 0.1) is 0 Å². The summed E-state index contributed by atoms with van der Waals surface area (Å²) in [4.78, 5) is 31.6. The second-order valence-electron chi connectivity index (χ2n) is 7.59. The molecule has 2 aliphatic rings. The van der Waals surface area contributed by atoms with Gasteiger partial charge in [0.25, 0.3) is 0 Å². The number of carbonyl (C=O) groups excluding carboxylic acids is 2. The molecular weight excluding hydrogens is 385 g/mol. The molecule has 1 saturated carbocycles. The lowest BCUT2D eigenvalue weighted by Crippen LogP contribution is -2.38. The maximum Gasteiger partial charge on any atom is 0.405 e. The van der Waals surface area contributed by atoms with Gasteiger partial charge in [0.15, 0.2) is 0 Å². The number of aromatic amines is 1. The lowest BCUT2D eigenvalue weighted by Gasteiger charge is -2.22. The smallest absolute Gasteiger partial charge is 0.347 e. The van der Waals surface area contributed by atoms with Gasteiger partial charge < -0.3 is 15.6 Å². The van der Waals surface area contributed by atoms with Gasteiger partial charge in [-0.05, 0) is 55.4 Å². The predicted octanol–water partition coefficient (Wildman–Crippen LogP) is 3.77. The zero-order valence-electron chi connectivity index (χ0n) is 15.6. The first-order chi connectivity index (χ1) is 13.8. The third-order valence-corrected chi connectivity index (χ3v) is 5.32. The highest BCUT2D eigenvalue weighted by atomic mass is 19.4. The van der Waals surface area contributed by atoms with E-state index in [-0.39, 0.29) is 11.8 Å². The minimum Gasteiger partial charge on any atom is -0.347 e. The van der Waals surface area contributed by atoms with E-state index in [1.807, 2.05) is 23.5 Å². The molecule has 2 aromatic heterocycles. The maximum atomic E-state index is 12.3. The fourth-order valence-electron chi connectivity index (χ4n) is 3.59. The summed E-state index contributed by atoms with van der Waals surface area (Å²) in [5.41, 5.74) is 2.56. The Hall–Kier alpha value is -2.84. The molecule has 0 spiro atoms. The van der Waals surface area contributed by atoms with Crippen molar-refractivity contribution in [1.29, 1.82) is 0 Å². The van der Waals surface area contributed by atoms with Crippen LogP contribution >= 0.6 is 0 Å². The van der Waals surface area contributed by atoms with E-state index in [2.05, 4.69) is 15.3 Å². The Kier molecular flexibility index (Phi) is 5.06. The third-order valence-electron chi connectivity index (χ3n) is 5.32. The van der Waals surface area contributed by atoms with Gasteiger partial charge in [-0.1, -0.05) is 6.08 Å². The van der Waals surface area contributed by atoms with Crippen LogP contribution in [0.25, 0.3) is 16.6 Å². The Labute approximate surface area is 165 Å². The molecule has 2 aromatic rings. The van der Waals surface area contributed by atoms with Gasteiger partial charge in [0.1, 0.15) is 18.0 Å². The maximum absolute atomic E-state index is 12.3. The highest BCUT2D eigenvalue weighted by Gasteiger charge is 2.31. The van der Waals surface area contributed by atoms with E-state index in [4.69, 9.17) is 0 Å². The number of amides is 2. The number of alkyl halides is 3. The third kappa shape index (κ3) is 4.60. The molecule has 0 aromatic carbocycles. The highest BCUT2D eigenvalue weighted by molar-refractivity contribution is 5.97. The number of pyridine rings is 1. The molecule has 1 unspecified atom stereocenters. The largest absolute Gasteiger partial charge is 0.405 e. The van der Waals surface area contributed by atoms with Crippen molar-refractivity contribution in [3.8, 4) is 0 Å². The topological polar surface area (TPSA) is 86.9 Å². The average molecular weight is 406 g/mol. The Balaban J connectivity index is 1.50. The molecule has 6 nitrogen and oxygen atoms in total. The molecular formula is C20H21F3N4O2. The van der Waals surface area contributed by atoms with Crippen molar-refractivity contribution in [2.45, 2.75) is 38.3 Å². The van der Waals surface area contributed by atoms with Crippen LogP contribution in [0.15, 0.2) is 24.4 Å². The van der Waals surface area contributed by atoms with Crippen molar-refractivity contribution in [3.63, 3.8) is 0 Å². The first-order valence-electron chi connectivity index (χ1n) is 9.63. The summed E-state index contributed by atoms with van der Waals surface area (Å²) in [6.45, 7) is -1.31. The van der Waals surface area contributed by atoms with Gasteiger partial charge in [-0.2, -0.15) is 13.2 Å². The number of rotatable bonds is 5. The quantitative estimate of drug-likeness (QED) is 0.706. The number of fused-ring (bicyclic) bond motifs is 1. The van der Waals surface area contributed by atoms with Crippen LogP contribution in [-0.4, -0.2) is 34.5 Å². The summed E-state index contributed by atoms with van der Waals surface area (Å²) in [7, 11) is 0. The number of carbonyl (C=O) groups is 2. The zero-order valence-corrected chi connectivity index (χ0v) is 15.6. The van der Waals surface area contributed by atoms with E-state index in [0.717, 1.165) is 29.4 Å². The zero-order chi connectivity index (χ0) is 20.6. The number of allylic oxidation sites excluding steroid dienone is 2. The van der Waals surface area contributed by atoms with Crippen LogP contribution in [-0.2, 0) is 9.59 Å². The molecule has 29 heavy (non-hydrogen) atoms. The summed E-state index contributed by atoms with van der Waals surface area (Å²) in [6, 6.07) is 3.72. The number of H-pyrrole nitrogens is 1. The van der Waals surface area contributed by atoms with E-state index in [1.165, 1.54) is 0 Å². The number of anilines is 1. The molecule has 1 fully saturated rings. The second-order valence-corrected chi connectivity index (χ2v) is 7.59. The van der Waals surface area contributed by atoms with Crippen molar-refractivity contribution in [1.82, 2.24) is 15.3 Å². The Morgan fingerprint density at radius 3 is 2.62 bits per heavy atom. The second kappa shape index (κ2) is 7.53. The molecule has 4 rings (SSSR count). The lowest BCUT2D eigenvalue weighted by molar-refractivity contribution is -0.140. The van der Waals surface area contributed by atoms with Crippen molar-refractivity contribution in [2.75, 3.05) is 11.9 Å². The number of hydrogen-bond acceptors (Lipinski definition) is 3. The number of hydrogen-bond donors (Lipinski definition) is 3. The van der Waals surface area contributed by atoms with E-state index < -0.39 is 24.5 Å². The van der Waals surface area contributed by atoms with Crippen LogP contribution in [0.2, 0.25) is 0 Å². The van der Waals surface area contributed by atoms with Gasteiger partial charge in [-0.3, -0.25) is 9.59 Å². The summed E-state index contributed by atoms with van der Waals surface area (Å²) in [5, 5.41) is 5.72. The first kappa shape index (κ1) is 19.5. The van der Waals surface area contributed by atoms with Crippen LogP contribution in [0.5, 0.6) is 0 Å². The summed E-state index contributed by atoms with van der Waals surface area (Å²) >= 11 is 0. The number of aromatic nitrogens is 2. The molecule has 0 aliphatic heterocycles. The molecule has 2 heterocycles. The average Bonchev–Trinajstić information content (AvgIpc) is 3.43. The number of halogens is 3. The Morgan fingerprint density at radius 2 is 1.97 bits per heavy atom. The summed E-state index contributed by atoms with van der Waals surface area (Å²) < 4.78 is 36.9. The predicted molar refractivity (Wildman–Crippen MR) is 102 cm³/mol. The molecule has 0 saturated heterocycles. The molecule has 3 N–H and O–H groups in total. The van der Waals surface area contributed by atoms with Gasteiger partial charge in [0.2, 0.25) is 11.8 Å². The van der Waals surface area contributed by atoms with Crippen molar-refractivity contribution >= 4 is 34.2 Å². The fourth-order valence-corrected chi connectivity index (χ4v) is 3.59. The minimum atomic E-state index is -4.41. The van der Waals surface area contributed by atoms with Crippen molar-refractivity contribution in [2.24, 2.45) is 11.8 Å². The monoisotopic (exact) mass is 406 g/mol. The Bertz CT molecular complexity index is 976. The van der Waals surface area contributed by atoms with E-state index in [0.29, 0.717) is 30.7 Å². The summed E-state index contributed by atoms with van der Waals surface area (Å²) in [5.74, 6) is -0.550. The van der Waals surface area contributed by atoms with Gasteiger partial charge in [0, 0.05) is 23.4 Å². The van der Waals surface area contributed by atoms with Crippen molar-refractivity contribution in [3.05, 3.63) is 30.0 Å². The van der Waals surface area contributed by atoms with Crippen LogP contribution in [0.1, 0.15) is 37.7 Å². The van der Waals surface area contributed by atoms with E-state index in [9.17, 15) is 22.8 Å². The molecule has 2 aliphatic carbocycles. The normalized spacial score (nSPS) is 19.7. The van der Waals surface area contributed by atoms with Gasteiger partial charge in [-0.25, -0.2) is 4.98 Å². The van der Waals surface area contributed by atoms with E-state index >= 15 is 0 Å². The van der Waals surface area contributed by atoms with Crippen LogP contribution < -0.4 is 10.6 Å². The molecule has 0 bridgehead atoms. The standard InChI is InChI=1S/C20H21F3N4O2/c21-20(22,23)10-25-18(28)12-3-1-11(2-4-12)15-9-16(27-19(29)13-5-6-13)26-17-14(15)7-8-24-17/h1,7-9,12-13H,2-6,10H2,(H,25,28)(H2,24,26,27,29). The fraction of sp³-hybridized carbons (Fsp3) is 0.450. The molecule has 0 radical (unpaired) electrons. The minimum absolute atomic E-state index is 0.0339. The first-order valence-corrected chi connectivity index (χ1v) is 9.63. The Morgan fingerprint density at radius 1 is 1.17 bits per heavy atom. The number of nitrogens with one attached hydrogen (secondary N) is 3. The van der Waals surface area contributed by atoms with E-state index in [1.54, 1.807) is 6.20 Å². The van der Waals surface area contributed by atoms with Crippen LogP contribution in [0, 0.1) is 11.8 Å². The van der Waals surface area contributed by atoms with Crippen molar-refractivity contribution < 1.29 is 22.8 Å². The van der Waals surface area contributed by atoms with Gasteiger partial charge in [-0.15, -0.1) is 0 Å². The van der Waals surface area contributed by atoms with Crippen LogP contribution in [0.3, 0.4) is 0 Å². The SMILES string of the molecule is O=C(NCC(F)(F)F)C1CC=C(c2cc(NC(=O)C3CC3)nc3[nH]ccc23)CC1. The van der Waals surface area contributed by atoms with Gasteiger partial charge >= 0.3 is 6.18 Å². The molecule has 9 heteroatoms. The molecule has 154 valence electrons. The number of nitrogens with zero attached hydrogens (tertiary/aromatic N) is 1. The highest BCUT2D eigenvalue weighted by Crippen LogP contribution is 2.35. The lowest BCUT2D eigenvalue weighted by atomic mass is 9.85.